The molecule has 0 aliphatic rings. The summed E-state index contributed by atoms with van der Waals surface area (Å²) in [6, 6.07) is 0. The highest BCUT2D eigenvalue weighted by atomic mass is 35.7. The highest BCUT2D eigenvalue weighted by Gasteiger charge is 2.41. The minimum absolute atomic E-state index is 0.0468. The van der Waals surface area contributed by atoms with Crippen LogP contribution in [0.2, 0.25) is 0 Å². The van der Waals surface area contributed by atoms with Gasteiger partial charge in [-0.1, -0.05) is 0 Å². The van der Waals surface area contributed by atoms with E-state index in [2.05, 4.69) is 9.72 Å². The molecule has 1 rings (SSSR count). The van der Waals surface area contributed by atoms with Crippen LogP contribution < -0.4 is 4.74 Å². The molecule has 1 heterocycles. The number of nitro groups is 1. The molecule has 21 heavy (non-hydrogen) atoms. The molecule has 0 atom stereocenters. The van der Waals surface area contributed by atoms with Crippen LogP contribution in [0, 0.1) is 10.1 Å². The fraction of sp³-hybridized carbons (Fsp3) is 0.286. The van der Waals surface area contributed by atoms with Gasteiger partial charge >= 0.3 is 12.0 Å². The van der Waals surface area contributed by atoms with E-state index >= 15 is 0 Å². The van der Waals surface area contributed by atoms with Crippen LogP contribution in [-0.4, -0.2) is 24.7 Å². The lowest BCUT2D eigenvalue weighted by atomic mass is 10.3. The topological polar surface area (TPSA) is 99.4 Å². The lowest BCUT2D eigenvalue weighted by Gasteiger charge is -2.13. The number of hydrogen-bond donors (Lipinski definition) is 0. The Bertz CT molecular complexity index is 677. The van der Waals surface area contributed by atoms with Crippen molar-refractivity contribution in [3.05, 3.63) is 22.0 Å². The number of ether oxygens (including phenoxy) is 1. The van der Waals surface area contributed by atoms with Crippen molar-refractivity contribution in [2.45, 2.75) is 17.7 Å². The van der Waals surface area contributed by atoms with Gasteiger partial charge in [-0.3, -0.25) is 10.1 Å². The van der Waals surface area contributed by atoms with Crippen LogP contribution in [0.25, 0.3) is 0 Å². The third-order valence-corrected chi connectivity index (χ3v) is 3.19. The molecule has 1 aromatic heterocycles. The van der Waals surface area contributed by atoms with E-state index in [1.54, 1.807) is 0 Å². The zero-order chi connectivity index (χ0) is 16.6. The van der Waals surface area contributed by atoms with E-state index < -0.39 is 48.8 Å². The Morgan fingerprint density at radius 3 is 2.24 bits per heavy atom. The second kappa shape index (κ2) is 5.55. The summed E-state index contributed by atoms with van der Waals surface area (Å²) in [5, 5.41) is 10.7. The molecule has 0 aliphatic heterocycles. The predicted octanol–water partition coefficient (Wildman–Crippen LogP) is 2.75. The first-order valence-corrected chi connectivity index (χ1v) is 6.81. The molecule has 0 fully saturated rings. The maximum Gasteiger partial charge on any atom is 0.573 e. The molecular formula is C7H2ClF5N2O5S. The van der Waals surface area contributed by atoms with E-state index in [0.717, 1.165) is 0 Å². The Hall–Kier alpha value is -1.76. The van der Waals surface area contributed by atoms with Gasteiger partial charge in [-0.15, -0.1) is 13.2 Å². The van der Waals surface area contributed by atoms with E-state index in [4.69, 9.17) is 10.7 Å². The van der Waals surface area contributed by atoms with Crippen LogP contribution in [-0.2, 0) is 9.05 Å². The summed E-state index contributed by atoms with van der Waals surface area (Å²) in [6.07, 6.45) is -9.23. The van der Waals surface area contributed by atoms with Crippen LogP contribution in [0.1, 0.15) is 12.1 Å². The zero-order valence-corrected chi connectivity index (χ0v) is 10.8. The van der Waals surface area contributed by atoms with Crippen LogP contribution >= 0.6 is 10.7 Å². The minimum Gasteiger partial charge on any atom is -0.396 e. The van der Waals surface area contributed by atoms with Gasteiger partial charge in [0, 0.05) is 10.7 Å². The Balaban J connectivity index is 3.79. The van der Waals surface area contributed by atoms with Gasteiger partial charge in [0.05, 0.1) is 11.1 Å². The fourth-order valence-electron chi connectivity index (χ4n) is 1.20. The Labute approximate surface area is 116 Å². The lowest BCUT2D eigenvalue weighted by molar-refractivity contribution is -0.391. The first kappa shape index (κ1) is 17.3. The van der Waals surface area contributed by atoms with Crippen molar-refractivity contribution >= 4 is 25.4 Å². The van der Waals surface area contributed by atoms with Crippen LogP contribution in [0.4, 0.5) is 27.6 Å². The maximum atomic E-state index is 12.6. The molecule has 14 heteroatoms. The summed E-state index contributed by atoms with van der Waals surface area (Å²) in [7, 11) is -0.137. The number of aromatic nitrogens is 1. The maximum absolute atomic E-state index is 12.6. The average molecular weight is 357 g/mol. The van der Waals surface area contributed by atoms with Gasteiger partial charge in [0.15, 0.2) is 10.6 Å². The Morgan fingerprint density at radius 2 is 1.90 bits per heavy atom. The summed E-state index contributed by atoms with van der Waals surface area (Å²) in [5.74, 6) is -2.04. The molecule has 1 aromatic rings. The number of nitrogens with zero attached hydrogens (tertiary/aromatic N) is 2. The number of halogens is 6. The molecule has 7 nitrogen and oxygen atoms in total. The number of alkyl halides is 5. The number of pyridine rings is 1. The van der Waals surface area contributed by atoms with Crippen LogP contribution in [0.3, 0.4) is 0 Å². The van der Waals surface area contributed by atoms with Crippen molar-refractivity contribution in [2.75, 3.05) is 0 Å². The smallest absolute Gasteiger partial charge is 0.396 e. The summed E-state index contributed by atoms with van der Waals surface area (Å²) in [4.78, 5) is 10.3. The van der Waals surface area contributed by atoms with Gasteiger partial charge < -0.3 is 4.74 Å². The van der Waals surface area contributed by atoms with Crippen molar-refractivity contribution in [1.82, 2.24) is 4.98 Å². The zero-order valence-electron chi connectivity index (χ0n) is 9.27. The van der Waals surface area contributed by atoms with Gasteiger partial charge in [-0.05, 0) is 0 Å². The minimum atomic E-state index is -5.59. The SMILES string of the molecule is O=[N+]([O-])c1c(S(=O)(=O)Cl)cnc(C(F)F)c1OC(F)(F)F. The highest BCUT2D eigenvalue weighted by Crippen LogP contribution is 2.42. The molecule has 0 saturated carbocycles. The van der Waals surface area contributed by atoms with Crippen LogP contribution in [0.5, 0.6) is 5.75 Å². The molecule has 0 amide bonds. The standard InChI is InChI=1S/C7H2ClF5N2O5S/c8-21(18,19)2-1-14-3(6(9)10)5(4(2)15(16)17)20-7(11,12)13/h1,6H. The van der Waals surface area contributed by atoms with E-state index in [9.17, 15) is 40.5 Å². The lowest BCUT2D eigenvalue weighted by Crippen LogP contribution is -2.20. The summed E-state index contributed by atoms with van der Waals surface area (Å²) >= 11 is 0. The molecule has 0 aromatic carbocycles. The third kappa shape index (κ3) is 4.10. The van der Waals surface area contributed by atoms with E-state index in [0.29, 0.717) is 0 Å². The van der Waals surface area contributed by atoms with Gasteiger partial charge in [-0.25, -0.2) is 22.2 Å². The molecule has 0 saturated heterocycles. The van der Waals surface area contributed by atoms with Crippen molar-refractivity contribution in [3.8, 4) is 5.75 Å². The first-order valence-electron chi connectivity index (χ1n) is 4.50. The van der Waals surface area contributed by atoms with E-state index in [1.165, 1.54) is 0 Å². The van der Waals surface area contributed by atoms with Crippen LogP contribution in [0.15, 0.2) is 11.1 Å². The molecule has 0 aliphatic carbocycles. The second-order valence-electron chi connectivity index (χ2n) is 3.23. The van der Waals surface area contributed by atoms with Gasteiger partial charge in [0.25, 0.3) is 15.5 Å². The van der Waals surface area contributed by atoms with Gasteiger partial charge in [0.2, 0.25) is 5.75 Å². The Kier molecular flexibility index (Phi) is 4.57. The Morgan fingerprint density at radius 1 is 1.38 bits per heavy atom. The van der Waals surface area contributed by atoms with Crippen molar-refractivity contribution in [3.63, 3.8) is 0 Å². The normalized spacial score (nSPS) is 12.5. The number of hydrogen-bond acceptors (Lipinski definition) is 6. The molecule has 0 radical (unpaired) electrons. The van der Waals surface area contributed by atoms with E-state index in [-0.39, 0.29) is 6.20 Å². The summed E-state index contributed by atoms with van der Waals surface area (Å²) < 4.78 is 86.8. The predicted molar refractivity (Wildman–Crippen MR) is 55.6 cm³/mol. The molecule has 118 valence electrons. The quantitative estimate of drug-likeness (QED) is 0.356. The third-order valence-electron chi connectivity index (χ3n) is 1.87. The van der Waals surface area contributed by atoms with Gasteiger partial charge in [0.1, 0.15) is 0 Å². The highest BCUT2D eigenvalue weighted by molar-refractivity contribution is 8.13. The largest absolute Gasteiger partial charge is 0.573 e. The average Bonchev–Trinajstić information content (AvgIpc) is 2.23. The second-order valence-corrected chi connectivity index (χ2v) is 5.76. The molecule has 0 spiro atoms. The number of rotatable bonds is 4. The van der Waals surface area contributed by atoms with Crippen molar-refractivity contribution in [1.29, 1.82) is 0 Å². The molecular weight excluding hydrogens is 355 g/mol. The fourth-order valence-corrected chi connectivity index (χ4v) is 2.12. The summed E-state index contributed by atoms with van der Waals surface area (Å²) in [5.41, 5.74) is -3.63. The first-order chi connectivity index (χ1) is 9.34. The molecule has 0 N–H and O–H groups in total. The van der Waals surface area contributed by atoms with Gasteiger partial charge in [-0.2, -0.15) is 0 Å². The monoisotopic (exact) mass is 356 g/mol. The van der Waals surface area contributed by atoms with E-state index in [1.807, 2.05) is 0 Å². The molecule has 0 bridgehead atoms. The van der Waals surface area contributed by atoms with Crippen molar-refractivity contribution in [2.24, 2.45) is 0 Å². The molecule has 0 unspecified atom stereocenters. The van der Waals surface area contributed by atoms with Crippen molar-refractivity contribution < 1.29 is 40.0 Å². The summed E-state index contributed by atoms with van der Waals surface area (Å²) in [6.45, 7) is 0.